The smallest absolute Gasteiger partial charge is 0.268 e. The first-order chi connectivity index (χ1) is 11.9. The molecule has 132 valence electrons. The van der Waals surface area contributed by atoms with Crippen LogP contribution in [-0.2, 0) is 7.05 Å². The van der Waals surface area contributed by atoms with Gasteiger partial charge in [-0.25, -0.2) is 9.67 Å². The molecule has 9 nitrogen and oxygen atoms in total. The van der Waals surface area contributed by atoms with Crippen molar-refractivity contribution in [2.45, 2.75) is 13.3 Å². The summed E-state index contributed by atoms with van der Waals surface area (Å²) in [4.78, 5) is 44.1. The Hall–Kier alpha value is -2.97. The van der Waals surface area contributed by atoms with Gasteiger partial charge in [0.1, 0.15) is 11.4 Å². The zero-order chi connectivity index (χ0) is 18.0. The van der Waals surface area contributed by atoms with E-state index >= 15 is 0 Å². The zero-order valence-electron chi connectivity index (χ0n) is 14.2. The molecule has 1 saturated heterocycles. The molecule has 0 aromatic carbocycles. The van der Waals surface area contributed by atoms with Crippen molar-refractivity contribution in [3.05, 3.63) is 50.6 Å². The van der Waals surface area contributed by atoms with E-state index < -0.39 is 11.5 Å². The van der Waals surface area contributed by atoms with Gasteiger partial charge in [-0.2, -0.15) is 5.10 Å². The Kier molecular flexibility index (Phi) is 4.64. The number of aryl methyl sites for hydroxylation is 2. The number of hydrogen-bond donors (Lipinski definition) is 2. The summed E-state index contributed by atoms with van der Waals surface area (Å²) in [5, 5.41) is 6.81. The Balaban J connectivity index is 1.58. The van der Waals surface area contributed by atoms with E-state index in [2.05, 4.69) is 25.3 Å². The maximum Gasteiger partial charge on any atom is 0.268 e. The lowest BCUT2D eigenvalue weighted by Gasteiger charge is -2.18. The highest BCUT2D eigenvalue weighted by atomic mass is 16.2. The molecule has 3 heterocycles. The fraction of sp³-hybridized carbons (Fsp3) is 0.438. The molecule has 1 atom stereocenters. The Bertz CT molecular complexity index is 903. The van der Waals surface area contributed by atoms with Crippen molar-refractivity contribution in [2.75, 3.05) is 24.5 Å². The van der Waals surface area contributed by atoms with Gasteiger partial charge in [-0.15, -0.1) is 0 Å². The minimum atomic E-state index is -0.441. The van der Waals surface area contributed by atoms with Crippen molar-refractivity contribution < 1.29 is 4.79 Å². The predicted octanol–water partition coefficient (Wildman–Crippen LogP) is -0.572. The number of carbonyl (C=O) groups excluding carboxylic acids is 1. The van der Waals surface area contributed by atoms with E-state index in [1.165, 1.54) is 10.9 Å². The summed E-state index contributed by atoms with van der Waals surface area (Å²) in [7, 11) is 1.61. The first-order valence-corrected chi connectivity index (χ1v) is 8.06. The predicted molar refractivity (Wildman–Crippen MR) is 91.7 cm³/mol. The van der Waals surface area contributed by atoms with Crippen molar-refractivity contribution >= 4 is 11.6 Å². The molecule has 1 amide bonds. The summed E-state index contributed by atoms with van der Waals surface area (Å²) < 4.78 is 1.28. The number of nitrogens with zero attached hydrogens (tertiary/aromatic N) is 4. The molecular formula is C16H20N6O3. The van der Waals surface area contributed by atoms with Crippen LogP contribution >= 0.6 is 0 Å². The normalized spacial score (nSPS) is 16.9. The second-order valence-corrected chi connectivity index (χ2v) is 6.20. The van der Waals surface area contributed by atoms with Crippen LogP contribution in [0.15, 0.2) is 28.0 Å². The summed E-state index contributed by atoms with van der Waals surface area (Å²) in [6, 6.07) is 1.56. The molecule has 3 rings (SSSR count). The van der Waals surface area contributed by atoms with Crippen molar-refractivity contribution in [3.63, 3.8) is 0 Å². The highest BCUT2D eigenvalue weighted by Gasteiger charge is 2.24. The van der Waals surface area contributed by atoms with Gasteiger partial charge in [-0.3, -0.25) is 14.4 Å². The standard InChI is InChI=1S/C16H20N6O3/c1-10-17-8-13(16(25)20-10)15(24)18-6-11-3-4-22(9-11)12-5-14(23)21(2)19-7-12/h5,7-8,11H,3-4,6,9H2,1-2H3,(H,18,24)(H,17,20,25)/t11-/m0/s1. The van der Waals surface area contributed by atoms with Crippen LogP contribution in [0.3, 0.4) is 0 Å². The average Bonchev–Trinajstić information content (AvgIpc) is 3.04. The quantitative estimate of drug-likeness (QED) is 0.768. The molecule has 0 aliphatic carbocycles. The van der Waals surface area contributed by atoms with Crippen LogP contribution in [0.25, 0.3) is 0 Å². The molecule has 1 aliphatic rings. The Morgan fingerprint density at radius 1 is 1.40 bits per heavy atom. The number of carbonyl (C=O) groups is 1. The Labute approximate surface area is 143 Å². The lowest BCUT2D eigenvalue weighted by atomic mass is 10.1. The number of hydrogen-bond acceptors (Lipinski definition) is 6. The second-order valence-electron chi connectivity index (χ2n) is 6.20. The van der Waals surface area contributed by atoms with Gasteiger partial charge in [-0.05, 0) is 19.3 Å². The summed E-state index contributed by atoms with van der Waals surface area (Å²) >= 11 is 0. The van der Waals surface area contributed by atoms with Gasteiger partial charge < -0.3 is 15.2 Å². The highest BCUT2D eigenvalue weighted by molar-refractivity contribution is 5.93. The number of H-pyrrole nitrogens is 1. The number of amides is 1. The van der Waals surface area contributed by atoms with Crippen LogP contribution in [-0.4, -0.2) is 45.3 Å². The molecule has 1 aliphatic heterocycles. The number of aromatic nitrogens is 4. The first kappa shape index (κ1) is 16.9. The molecular weight excluding hydrogens is 324 g/mol. The van der Waals surface area contributed by atoms with E-state index in [9.17, 15) is 14.4 Å². The number of anilines is 1. The summed E-state index contributed by atoms with van der Waals surface area (Å²) in [6.07, 6.45) is 3.84. The summed E-state index contributed by atoms with van der Waals surface area (Å²) in [5.74, 6) is 0.281. The first-order valence-electron chi connectivity index (χ1n) is 8.06. The lowest BCUT2D eigenvalue weighted by Crippen LogP contribution is -2.34. The molecule has 0 unspecified atom stereocenters. The molecule has 2 aromatic heterocycles. The molecule has 2 aromatic rings. The van der Waals surface area contributed by atoms with Crippen LogP contribution in [0.1, 0.15) is 22.6 Å². The Morgan fingerprint density at radius 2 is 2.20 bits per heavy atom. The number of aromatic amines is 1. The van der Waals surface area contributed by atoms with E-state index in [0.717, 1.165) is 25.2 Å². The topological polar surface area (TPSA) is 113 Å². The van der Waals surface area contributed by atoms with Gasteiger partial charge in [-0.1, -0.05) is 0 Å². The van der Waals surface area contributed by atoms with Crippen molar-refractivity contribution in [1.29, 1.82) is 0 Å². The van der Waals surface area contributed by atoms with Gasteiger partial charge in [0.2, 0.25) is 0 Å². The molecule has 2 N–H and O–H groups in total. The monoisotopic (exact) mass is 344 g/mol. The van der Waals surface area contributed by atoms with Gasteiger partial charge >= 0.3 is 0 Å². The van der Waals surface area contributed by atoms with Gasteiger partial charge in [0.05, 0.1) is 11.9 Å². The van der Waals surface area contributed by atoms with E-state index in [0.29, 0.717) is 12.4 Å². The maximum absolute atomic E-state index is 12.1. The highest BCUT2D eigenvalue weighted by Crippen LogP contribution is 2.21. The Morgan fingerprint density at radius 3 is 2.92 bits per heavy atom. The summed E-state index contributed by atoms with van der Waals surface area (Å²) in [5.41, 5.74) is 0.205. The largest absolute Gasteiger partial charge is 0.370 e. The van der Waals surface area contributed by atoms with Gasteiger partial charge in [0.25, 0.3) is 17.0 Å². The van der Waals surface area contributed by atoms with Crippen LogP contribution in [0.5, 0.6) is 0 Å². The number of rotatable bonds is 4. The van der Waals surface area contributed by atoms with Crippen LogP contribution in [0.2, 0.25) is 0 Å². The molecule has 0 radical (unpaired) electrons. The second kappa shape index (κ2) is 6.88. The minimum absolute atomic E-state index is 0.0104. The average molecular weight is 344 g/mol. The van der Waals surface area contributed by atoms with Crippen molar-refractivity contribution in [2.24, 2.45) is 13.0 Å². The third-order valence-electron chi connectivity index (χ3n) is 4.33. The fourth-order valence-corrected chi connectivity index (χ4v) is 2.84. The molecule has 25 heavy (non-hydrogen) atoms. The SMILES string of the molecule is Cc1ncc(C(=O)NC[C@@H]2CCN(c3cnn(C)c(=O)c3)C2)c(=O)[nH]1. The van der Waals surface area contributed by atoms with Gasteiger partial charge in [0, 0.05) is 38.9 Å². The lowest BCUT2D eigenvalue weighted by molar-refractivity contribution is 0.0946. The maximum atomic E-state index is 12.1. The van der Waals surface area contributed by atoms with E-state index in [1.54, 1.807) is 26.2 Å². The minimum Gasteiger partial charge on any atom is -0.370 e. The fourth-order valence-electron chi connectivity index (χ4n) is 2.84. The third-order valence-corrected chi connectivity index (χ3v) is 4.33. The van der Waals surface area contributed by atoms with Gasteiger partial charge in [0.15, 0.2) is 0 Å². The zero-order valence-corrected chi connectivity index (χ0v) is 14.2. The molecule has 9 heteroatoms. The molecule has 0 bridgehead atoms. The van der Waals surface area contributed by atoms with Crippen LogP contribution in [0.4, 0.5) is 5.69 Å². The van der Waals surface area contributed by atoms with Crippen LogP contribution in [0, 0.1) is 12.8 Å². The third kappa shape index (κ3) is 3.76. The van der Waals surface area contributed by atoms with E-state index in [-0.39, 0.29) is 17.0 Å². The van der Waals surface area contributed by atoms with E-state index in [4.69, 9.17) is 0 Å². The van der Waals surface area contributed by atoms with Crippen molar-refractivity contribution in [1.82, 2.24) is 25.1 Å². The van der Waals surface area contributed by atoms with E-state index in [1.807, 2.05) is 0 Å². The molecule has 1 fully saturated rings. The molecule has 0 spiro atoms. The van der Waals surface area contributed by atoms with Crippen molar-refractivity contribution in [3.8, 4) is 0 Å². The number of nitrogens with one attached hydrogen (secondary N) is 2. The summed E-state index contributed by atoms with van der Waals surface area (Å²) in [6.45, 7) is 3.63. The molecule has 0 saturated carbocycles. The van der Waals surface area contributed by atoms with Crippen LogP contribution < -0.4 is 21.3 Å².